The number of rotatable bonds is 5. The Morgan fingerprint density at radius 3 is 2.93 bits per heavy atom. The highest BCUT2D eigenvalue weighted by atomic mass is 35.5. The van der Waals surface area contributed by atoms with Gasteiger partial charge in [0, 0.05) is 10.8 Å². The van der Waals surface area contributed by atoms with Crippen LogP contribution in [0.4, 0.5) is 4.39 Å². The topological polar surface area (TPSA) is 26.0 Å². The molecule has 0 atom stereocenters. The van der Waals surface area contributed by atoms with Crippen LogP contribution in [0.15, 0.2) is 18.2 Å². The van der Waals surface area contributed by atoms with Crippen LogP contribution in [-0.4, -0.2) is 12.3 Å². The molecule has 1 aromatic carbocycles. The van der Waals surface area contributed by atoms with Crippen molar-refractivity contribution in [2.75, 3.05) is 12.3 Å². The zero-order valence-corrected chi connectivity index (χ0v) is 9.37. The Balaban J connectivity index is 2.45. The minimum absolute atomic E-state index is 0.186. The van der Waals surface area contributed by atoms with Gasteiger partial charge in [-0.05, 0) is 42.5 Å². The van der Waals surface area contributed by atoms with Gasteiger partial charge >= 0.3 is 0 Å². The first-order valence-electron chi connectivity index (χ1n) is 4.46. The standard InChI is InChI=1S/C10H13ClFNS/c11-9-2-3-10(12)8(6-9)7-14-5-1-4-13/h2-3,6H,1,4-5,7,13H2. The van der Waals surface area contributed by atoms with E-state index >= 15 is 0 Å². The lowest BCUT2D eigenvalue weighted by Crippen LogP contribution is -1.99. The van der Waals surface area contributed by atoms with Crippen molar-refractivity contribution in [1.82, 2.24) is 0 Å². The molecule has 78 valence electrons. The normalized spacial score (nSPS) is 10.5. The Morgan fingerprint density at radius 2 is 2.21 bits per heavy atom. The number of benzene rings is 1. The van der Waals surface area contributed by atoms with Gasteiger partial charge in [0.1, 0.15) is 5.82 Å². The molecule has 0 aliphatic carbocycles. The van der Waals surface area contributed by atoms with E-state index in [1.54, 1.807) is 23.9 Å². The van der Waals surface area contributed by atoms with Crippen LogP contribution in [-0.2, 0) is 5.75 Å². The van der Waals surface area contributed by atoms with Crippen LogP contribution in [0.2, 0.25) is 5.02 Å². The zero-order valence-electron chi connectivity index (χ0n) is 7.80. The molecule has 0 saturated carbocycles. The van der Waals surface area contributed by atoms with Crippen LogP contribution in [0.3, 0.4) is 0 Å². The molecule has 0 aliphatic heterocycles. The third kappa shape index (κ3) is 3.86. The number of hydrogen-bond donors (Lipinski definition) is 1. The number of hydrogen-bond acceptors (Lipinski definition) is 2. The smallest absolute Gasteiger partial charge is 0.127 e. The Morgan fingerprint density at radius 1 is 1.43 bits per heavy atom. The van der Waals surface area contributed by atoms with Gasteiger partial charge in [-0.3, -0.25) is 0 Å². The molecule has 14 heavy (non-hydrogen) atoms. The van der Waals surface area contributed by atoms with Crippen molar-refractivity contribution in [3.63, 3.8) is 0 Å². The molecule has 0 spiro atoms. The fourth-order valence-electron chi connectivity index (χ4n) is 1.02. The van der Waals surface area contributed by atoms with Crippen molar-refractivity contribution in [2.45, 2.75) is 12.2 Å². The summed E-state index contributed by atoms with van der Waals surface area (Å²) in [6.07, 6.45) is 0.965. The van der Waals surface area contributed by atoms with Gasteiger partial charge in [0.25, 0.3) is 0 Å². The molecule has 1 rings (SSSR count). The Hall–Kier alpha value is -0.250. The molecule has 0 bridgehead atoms. The van der Waals surface area contributed by atoms with E-state index < -0.39 is 0 Å². The maximum Gasteiger partial charge on any atom is 0.127 e. The summed E-state index contributed by atoms with van der Waals surface area (Å²) in [7, 11) is 0. The van der Waals surface area contributed by atoms with Gasteiger partial charge in [0.15, 0.2) is 0 Å². The lowest BCUT2D eigenvalue weighted by Gasteiger charge is -2.03. The van der Waals surface area contributed by atoms with Crippen LogP contribution < -0.4 is 5.73 Å². The molecule has 0 radical (unpaired) electrons. The predicted molar refractivity (Wildman–Crippen MR) is 61.2 cm³/mol. The second-order valence-electron chi connectivity index (χ2n) is 2.93. The van der Waals surface area contributed by atoms with Crippen LogP contribution in [0.25, 0.3) is 0 Å². The SMILES string of the molecule is NCCCSCc1cc(Cl)ccc1F. The fraction of sp³-hybridized carbons (Fsp3) is 0.400. The molecule has 1 aromatic rings. The maximum atomic E-state index is 13.2. The molecule has 4 heteroatoms. The van der Waals surface area contributed by atoms with E-state index in [0.717, 1.165) is 12.2 Å². The highest BCUT2D eigenvalue weighted by Gasteiger charge is 2.02. The van der Waals surface area contributed by atoms with Crippen LogP contribution in [0.5, 0.6) is 0 Å². The summed E-state index contributed by atoms with van der Waals surface area (Å²) in [6.45, 7) is 0.686. The Kier molecular flexibility index (Phi) is 5.30. The maximum absolute atomic E-state index is 13.2. The summed E-state index contributed by atoms with van der Waals surface area (Å²) < 4.78 is 13.2. The van der Waals surface area contributed by atoms with Crippen LogP contribution >= 0.6 is 23.4 Å². The summed E-state index contributed by atoms with van der Waals surface area (Å²) in [5, 5.41) is 0.584. The summed E-state index contributed by atoms with van der Waals surface area (Å²) in [5.41, 5.74) is 6.02. The van der Waals surface area contributed by atoms with Gasteiger partial charge in [-0.25, -0.2) is 4.39 Å². The monoisotopic (exact) mass is 233 g/mol. The molecule has 1 nitrogen and oxygen atoms in total. The Bertz CT molecular complexity index is 293. The summed E-state index contributed by atoms with van der Waals surface area (Å²) in [5.74, 6) is 1.43. The van der Waals surface area contributed by atoms with E-state index in [9.17, 15) is 4.39 Å². The van der Waals surface area contributed by atoms with Crippen molar-refractivity contribution in [1.29, 1.82) is 0 Å². The summed E-state index contributed by atoms with van der Waals surface area (Å²) in [4.78, 5) is 0. The van der Waals surface area contributed by atoms with E-state index in [2.05, 4.69) is 0 Å². The molecular formula is C10H13ClFNS. The third-order valence-electron chi connectivity index (χ3n) is 1.76. The van der Waals surface area contributed by atoms with Gasteiger partial charge in [0.05, 0.1) is 0 Å². The highest BCUT2D eigenvalue weighted by molar-refractivity contribution is 7.98. The van der Waals surface area contributed by atoms with Crippen molar-refractivity contribution < 1.29 is 4.39 Å². The van der Waals surface area contributed by atoms with Crippen molar-refractivity contribution >= 4 is 23.4 Å². The van der Waals surface area contributed by atoms with Gasteiger partial charge in [-0.2, -0.15) is 11.8 Å². The first-order valence-corrected chi connectivity index (χ1v) is 5.99. The molecule has 0 aliphatic rings. The summed E-state index contributed by atoms with van der Waals surface area (Å²) >= 11 is 7.44. The number of thioether (sulfide) groups is 1. The quantitative estimate of drug-likeness (QED) is 0.792. The lowest BCUT2D eigenvalue weighted by atomic mass is 10.2. The minimum Gasteiger partial charge on any atom is -0.330 e. The minimum atomic E-state index is -0.186. The first-order chi connectivity index (χ1) is 6.74. The third-order valence-corrected chi connectivity index (χ3v) is 3.09. The van der Waals surface area contributed by atoms with Gasteiger partial charge in [0.2, 0.25) is 0 Å². The van der Waals surface area contributed by atoms with Gasteiger partial charge in [-0.15, -0.1) is 0 Å². The van der Waals surface area contributed by atoms with E-state index in [1.165, 1.54) is 6.07 Å². The number of nitrogens with two attached hydrogens (primary N) is 1. The molecule has 0 aromatic heterocycles. The average Bonchev–Trinajstić information content (AvgIpc) is 2.18. The van der Waals surface area contributed by atoms with Crippen molar-refractivity contribution in [3.8, 4) is 0 Å². The molecule has 2 N–H and O–H groups in total. The van der Waals surface area contributed by atoms with E-state index in [0.29, 0.717) is 22.9 Å². The summed E-state index contributed by atoms with van der Waals surface area (Å²) in [6, 6.07) is 4.64. The van der Waals surface area contributed by atoms with Crippen molar-refractivity contribution in [3.05, 3.63) is 34.6 Å². The molecule has 0 heterocycles. The van der Waals surface area contributed by atoms with Gasteiger partial charge < -0.3 is 5.73 Å². The number of halogens is 2. The van der Waals surface area contributed by atoms with Crippen molar-refractivity contribution in [2.24, 2.45) is 5.73 Å². The first kappa shape index (κ1) is 11.8. The van der Waals surface area contributed by atoms with E-state index in [4.69, 9.17) is 17.3 Å². The predicted octanol–water partition coefficient (Wildman–Crippen LogP) is 3.06. The molecule has 0 saturated heterocycles. The van der Waals surface area contributed by atoms with Gasteiger partial charge in [-0.1, -0.05) is 11.6 Å². The highest BCUT2D eigenvalue weighted by Crippen LogP contribution is 2.20. The fourth-order valence-corrected chi connectivity index (χ4v) is 2.17. The second kappa shape index (κ2) is 6.27. The lowest BCUT2D eigenvalue weighted by molar-refractivity contribution is 0.617. The molecule has 0 amide bonds. The van der Waals surface area contributed by atoms with Crippen LogP contribution in [0.1, 0.15) is 12.0 Å². The second-order valence-corrected chi connectivity index (χ2v) is 4.47. The van der Waals surface area contributed by atoms with E-state index in [1.807, 2.05) is 0 Å². The largest absolute Gasteiger partial charge is 0.330 e. The molecule has 0 unspecified atom stereocenters. The molecule has 0 fully saturated rings. The van der Waals surface area contributed by atoms with Crippen LogP contribution in [0, 0.1) is 5.82 Å². The van der Waals surface area contributed by atoms with E-state index in [-0.39, 0.29) is 5.82 Å². The Labute approximate surface area is 92.8 Å². The molecular weight excluding hydrogens is 221 g/mol. The zero-order chi connectivity index (χ0) is 10.4. The average molecular weight is 234 g/mol.